The molecule has 2 rings (SSSR count). The highest BCUT2D eigenvalue weighted by Crippen LogP contribution is 2.31. The lowest BCUT2D eigenvalue weighted by molar-refractivity contribution is -0.141. The fourth-order valence-corrected chi connectivity index (χ4v) is 2.25. The highest BCUT2D eigenvalue weighted by molar-refractivity contribution is 5.77. The zero-order chi connectivity index (χ0) is 14.6. The van der Waals surface area contributed by atoms with Gasteiger partial charge in [-0.3, -0.25) is 4.79 Å². The molecule has 0 aromatic carbocycles. The zero-order valence-corrected chi connectivity index (χ0v) is 10.9. The summed E-state index contributed by atoms with van der Waals surface area (Å²) in [7, 11) is 0. The van der Waals surface area contributed by atoms with Crippen molar-refractivity contribution >= 4 is 18.2 Å². The highest BCUT2D eigenvalue weighted by Gasteiger charge is 2.33. The number of anilines is 1. The Kier molecular flexibility index (Phi) is 4.42. The van der Waals surface area contributed by atoms with Gasteiger partial charge in [0.05, 0.1) is 0 Å². The lowest BCUT2D eigenvalue weighted by Crippen LogP contribution is -2.31. The Morgan fingerprint density at radius 3 is 2.45 bits per heavy atom. The normalized spacial score (nSPS) is 16.6. The summed E-state index contributed by atoms with van der Waals surface area (Å²) in [5.41, 5.74) is -0.367. The van der Waals surface area contributed by atoms with Gasteiger partial charge in [0.2, 0.25) is 0 Å². The van der Waals surface area contributed by atoms with E-state index >= 15 is 0 Å². The van der Waals surface area contributed by atoms with Gasteiger partial charge in [-0.2, -0.15) is 13.2 Å². The van der Waals surface area contributed by atoms with Crippen LogP contribution in [0.1, 0.15) is 30.5 Å². The van der Waals surface area contributed by atoms with Gasteiger partial charge in [-0.05, 0) is 43.5 Å². The summed E-state index contributed by atoms with van der Waals surface area (Å²) in [6.07, 6.45) is 1.84. The largest absolute Gasteiger partial charge is 0.433 e. The zero-order valence-electron chi connectivity index (χ0n) is 10.9. The van der Waals surface area contributed by atoms with Crippen LogP contribution in [0, 0.1) is 0 Å². The summed E-state index contributed by atoms with van der Waals surface area (Å²) >= 11 is 0. The molecule has 0 spiro atoms. The van der Waals surface area contributed by atoms with Gasteiger partial charge in [0, 0.05) is 18.7 Å². The minimum atomic E-state index is -4.46. The third kappa shape index (κ3) is 3.37. The fraction of sp³-hybridized carbons (Fsp3) is 0.429. The van der Waals surface area contributed by atoms with Gasteiger partial charge in [0.1, 0.15) is 17.8 Å². The number of halogens is 3. The van der Waals surface area contributed by atoms with Crippen molar-refractivity contribution in [1.29, 1.82) is 0 Å². The number of hydrogen-bond donors (Lipinski definition) is 0. The maximum absolute atomic E-state index is 12.8. The fourth-order valence-electron chi connectivity index (χ4n) is 2.25. The second kappa shape index (κ2) is 6.07. The summed E-state index contributed by atoms with van der Waals surface area (Å²) in [4.78, 5) is 16.0. The second-order valence-corrected chi connectivity index (χ2v) is 4.65. The van der Waals surface area contributed by atoms with E-state index in [2.05, 4.69) is 4.98 Å². The van der Waals surface area contributed by atoms with Crippen molar-refractivity contribution < 1.29 is 18.0 Å². The second-order valence-electron chi connectivity index (χ2n) is 4.65. The van der Waals surface area contributed by atoms with Gasteiger partial charge in [-0.25, -0.2) is 4.98 Å². The van der Waals surface area contributed by atoms with E-state index in [0.717, 1.165) is 25.3 Å². The average molecular weight is 284 g/mol. The molecule has 0 bridgehead atoms. The van der Waals surface area contributed by atoms with Crippen molar-refractivity contribution in [3.05, 3.63) is 29.5 Å². The number of nitrogens with zero attached hydrogens (tertiary/aromatic N) is 2. The lowest BCUT2D eigenvalue weighted by Gasteiger charge is -2.29. The molecule has 6 heteroatoms. The van der Waals surface area contributed by atoms with Crippen molar-refractivity contribution in [2.45, 2.75) is 25.4 Å². The molecule has 1 aliphatic heterocycles. The highest BCUT2D eigenvalue weighted by atomic mass is 19.4. The lowest BCUT2D eigenvalue weighted by atomic mass is 10.1. The minimum absolute atomic E-state index is 0.303. The van der Waals surface area contributed by atoms with Gasteiger partial charge < -0.3 is 4.90 Å². The van der Waals surface area contributed by atoms with E-state index in [1.54, 1.807) is 0 Å². The van der Waals surface area contributed by atoms with Crippen molar-refractivity contribution in [3.63, 3.8) is 0 Å². The molecule has 0 amide bonds. The summed E-state index contributed by atoms with van der Waals surface area (Å²) in [6, 6.07) is 2.30. The summed E-state index contributed by atoms with van der Waals surface area (Å²) in [5, 5.41) is 0. The van der Waals surface area contributed by atoms with E-state index < -0.39 is 11.9 Å². The number of piperidine rings is 1. The third-order valence-corrected chi connectivity index (χ3v) is 3.21. The average Bonchev–Trinajstić information content (AvgIpc) is 2.45. The number of carbonyl (C=O) groups is 1. The maximum Gasteiger partial charge on any atom is 0.433 e. The molecule has 0 N–H and O–H groups in total. The number of allylic oxidation sites excluding steroid dienone is 1. The molecular weight excluding hydrogens is 269 g/mol. The van der Waals surface area contributed by atoms with Crippen LogP contribution in [-0.2, 0) is 11.0 Å². The molecule has 1 aromatic heterocycles. The number of carbonyl (C=O) groups excluding carboxylic acids is 1. The third-order valence-electron chi connectivity index (χ3n) is 3.21. The molecule has 0 radical (unpaired) electrons. The van der Waals surface area contributed by atoms with Crippen molar-refractivity contribution in [3.8, 4) is 0 Å². The molecule has 1 saturated heterocycles. The standard InChI is InChI=1S/C14H15F3N2O/c15-14(16,17)12-7-6-11(5-4-10-20)13(18-12)19-8-2-1-3-9-19/h4-7,10H,1-3,8-9H2. The predicted molar refractivity (Wildman–Crippen MR) is 70.4 cm³/mol. The van der Waals surface area contributed by atoms with E-state index in [9.17, 15) is 18.0 Å². The smallest absolute Gasteiger partial charge is 0.356 e. The molecule has 2 heterocycles. The van der Waals surface area contributed by atoms with Gasteiger partial charge in [0.25, 0.3) is 0 Å². The molecule has 1 aliphatic rings. The van der Waals surface area contributed by atoms with Gasteiger partial charge in [-0.1, -0.05) is 0 Å². The molecule has 0 unspecified atom stereocenters. The van der Waals surface area contributed by atoms with Crippen LogP contribution in [0.2, 0.25) is 0 Å². The number of hydrogen-bond acceptors (Lipinski definition) is 3. The van der Waals surface area contributed by atoms with Crippen molar-refractivity contribution in [1.82, 2.24) is 4.98 Å². The maximum atomic E-state index is 12.8. The molecular formula is C14H15F3N2O. The van der Waals surface area contributed by atoms with Crippen LogP contribution in [0.15, 0.2) is 18.2 Å². The van der Waals surface area contributed by atoms with Crippen LogP contribution in [0.25, 0.3) is 6.08 Å². The van der Waals surface area contributed by atoms with Gasteiger partial charge >= 0.3 is 6.18 Å². The summed E-state index contributed by atoms with van der Waals surface area (Å²) in [5.74, 6) is 0.303. The minimum Gasteiger partial charge on any atom is -0.356 e. The number of alkyl halides is 3. The molecule has 108 valence electrons. The Balaban J connectivity index is 2.41. The predicted octanol–water partition coefficient (Wildman–Crippen LogP) is 3.30. The van der Waals surface area contributed by atoms with E-state index in [1.807, 2.05) is 4.90 Å². The first-order valence-corrected chi connectivity index (χ1v) is 6.47. The van der Waals surface area contributed by atoms with Crippen LogP contribution in [0.4, 0.5) is 19.0 Å². The van der Waals surface area contributed by atoms with Crippen LogP contribution in [0.5, 0.6) is 0 Å². The first-order valence-electron chi connectivity index (χ1n) is 6.47. The SMILES string of the molecule is O=CC=Cc1ccc(C(F)(F)F)nc1N1CCCCC1. The molecule has 1 fully saturated rings. The first-order chi connectivity index (χ1) is 9.52. The number of rotatable bonds is 3. The Hall–Kier alpha value is -1.85. The Morgan fingerprint density at radius 1 is 1.15 bits per heavy atom. The summed E-state index contributed by atoms with van der Waals surface area (Å²) < 4.78 is 38.3. The van der Waals surface area contributed by atoms with E-state index in [-0.39, 0.29) is 0 Å². The van der Waals surface area contributed by atoms with Crippen LogP contribution in [-0.4, -0.2) is 24.4 Å². The quantitative estimate of drug-likeness (QED) is 0.630. The van der Waals surface area contributed by atoms with Crippen LogP contribution in [0.3, 0.4) is 0 Å². The van der Waals surface area contributed by atoms with Crippen molar-refractivity contribution in [2.75, 3.05) is 18.0 Å². The number of aromatic nitrogens is 1. The topological polar surface area (TPSA) is 33.2 Å². The van der Waals surface area contributed by atoms with Crippen molar-refractivity contribution in [2.24, 2.45) is 0 Å². The summed E-state index contributed by atoms with van der Waals surface area (Å²) in [6.45, 7) is 1.38. The first kappa shape index (κ1) is 14.6. The van der Waals surface area contributed by atoms with Crippen LogP contribution >= 0.6 is 0 Å². The monoisotopic (exact) mass is 284 g/mol. The Morgan fingerprint density at radius 2 is 1.85 bits per heavy atom. The molecule has 0 saturated carbocycles. The number of pyridine rings is 1. The van der Waals surface area contributed by atoms with Gasteiger partial charge in [0.15, 0.2) is 0 Å². The van der Waals surface area contributed by atoms with E-state index in [4.69, 9.17) is 0 Å². The molecule has 20 heavy (non-hydrogen) atoms. The van der Waals surface area contributed by atoms with E-state index in [1.165, 1.54) is 18.2 Å². The Bertz CT molecular complexity index is 506. The number of aldehydes is 1. The van der Waals surface area contributed by atoms with Crippen LogP contribution < -0.4 is 4.90 Å². The Labute approximate surface area is 115 Å². The molecule has 0 aliphatic carbocycles. The molecule has 0 atom stereocenters. The molecule has 1 aromatic rings. The van der Waals surface area contributed by atoms with Gasteiger partial charge in [-0.15, -0.1) is 0 Å². The van der Waals surface area contributed by atoms with E-state index in [0.29, 0.717) is 30.8 Å². The molecule has 3 nitrogen and oxygen atoms in total.